The Morgan fingerprint density at radius 3 is 0.877 bits per heavy atom. The monoisotopic (exact) mass is 805 g/mol. The van der Waals surface area contributed by atoms with Crippen molar-refractivity contribution in [2.75, 3.05) is 13.2 Å². The summed E-state index contributed by atoms with van der Waals surface area (Å²) >= 11 is 0. The fourth-order valence-electron chi connectivity index (χ4n) is 7.44. The standard InChI is InChI=1S/C51H96O6/c1-4-7-10-13-16-19-22-23-24-25-26-27-30-32-35-38-41-44-50(53)56-47-48(57-51(54)45-42-39-36-33-29-21-18-15-12-9-6-3)46-55-49(52)43-40-37-34-31-28-20-17-14-11-8-5-2/h23-24,48H,4-22,25-47H2,1-3H3/b24-23-/t48-/m0/s1. The normalized spacial score (nSPS) is 12.0. The van der Waals surface area contributed by atoms with Crippen LogP contribution >= 0.6 is 0 Å². The van der Waals surface area contributed by atoms with Crippen molar-refractivity contribution < 1.29 is 28.6 Å². The topological polar surface area (TPSA) is 78.9 Å². The molecule has 0 aromatic rings. The second kappa shape index (κ2) is 46.8. The number of unbranched alkanes of at least 4 members (excludes halogenated alkanes) is 33. The van der Waals surface area contributed by atoms with Crippen molar-refractivity contribution in [3.63, 3.8) is 0 Å². The lowest BCUT2D eigenvalue weighted by atomic mass is 10.1. The summed E-state index contributed by atoms with van der Waals surface area (Å²) in [5, 5.41) is 0. The van der Waals surface area contributed by atoms with Crippen molar-refractivity contribution >= 4 is 17.9 Å². The quantitative estimate of drug-likeness (QED) is 0.0264. The van der Waals surface area contributed by atoms with Crippen LogP contribution in [0.3, 0.4) is 0 Å². The molecule has 0 saturated heterocycles. The molecule has 0 aliphatic rings. The van der Waals surface area contributed by atoms with E-state index in [4.69, 9.17) is 14.2 Å². The minimum absolute atomic E-state index is 0.0664. The van der Waals surface area contributed by atoms with Crippen LogP contribution in [0.5, 0.6) is 0 Å². The fourth-order valence-corrected chi connectivity index (χ4v) is 7.44. The lowest BCUT2D eigenvalue weighted by Gasteiger charge is -2.18. The summed E-state index contributed by atoms with van der Waals surface area (Å²) in [7, 11) is 0. The average Bonchev–Trinajstić information content (AvgIpc) is 3.21. The van der Waals surface area contributed by atoms with Crippen LogP contribution in [0.4, 0.5) is 0 Å². The van der Waals surface area contributed by atoms with Crippen molar-refractivity contribution in [1.29, 1.82) is 0 Å². The van der Waals surface area contributed by atoms with Gasteiger partial charge in [0.2, 0.25) is 0 Å². The lowest BCUT2D eigenvalue weighted by Crippen LogP contribution is -2.30. The Balaban J connectivity index is 4.29. The van der Waals surface area contributed by atoms with Gasteiger partial charge in [0, 0.05) is 19.3 Å². The highest BCUT2D eigenvalue weighted by Gasteiger charge is 2.19. The van der Waals surface area contributed by atoms with Crippen LogP contribution in [0.2, 0.25) is 0 Å². The molecule has 0 amide bonds. The summed E-state index contributed by atoms with van der Waals surface area (Å²) in [6, 6.07) is 0. The highest BCUT2D eigenvalue weighted by molar-refractivity contribution is 5.71. The van der Waals surface area contributed by atoms with Crippen molar-refractivity contribution in [2.45, 2.75) is 284 Å². The summed E-state index contributed by atoms with van der Waals surface area (Å²) < 4.78 is 16.8. The average molecular weight is 805 g/mol. The van der Waals surface area contributed by atoms with Crippen LogP contribution in [0.25, 0.3) is 0 Å². The van der Waals surface area contributed by atoms with Crippen molar-refractivity contribution in [3.05, 3.63) is 12.2 Å². The van der Waals surface area contributed by atoms with Gasteiger partial charge in [-0.15, -0.1) is 0 Å². The predicted molar refractivity (Wildman–Crippen MR) is 243 cm³/mol. The van der Waals surface area contributed by atoms with Crippen LogP contribution in [0.1, 0.15) is 278 Å². The zero-order chi connectivity index (χ0) is 41.5. The number of allylic oxidation sites excluding steroid dienone is 2. The van der Waals surface area contributed by atoms with Gasteiger partial charge in [0.15, 0.2) is 6.10 Å². The second-order valence-electron chi connectivity index (χ2n) is 17.1. The van der Waals surface area contributed by atoms with E-state index >= 15 is 0 Å². The number of hydrogen-bond donors (Lipinski definition) is 0. The number of ether oxygens (including phenoxy) is 3. The summed E-state index contributed by atoms with van der Waals surface area (Å²) in [5.41, 5.74) is 0. The molecule has 6 nitrogen and oxygen atoms in total. The molecule has 0 bridgehead atoms. The van der Waals surface area contributed by atoms with E-state index < -0.39 is 6.10 Å². The Hall–Kier alpha value is -1.85. The Morgan fingerprint density at radius 2 is 0.579 bits per heavy atom. The SMILES string of the molecule is CCCCCCCC/C=C\CCCCCCCCCC(=O)OC[C@H](COC(=O)CCCCCCCCCCCCC)OC(=O)CCCCCCCCCCCCC. The summed E-state index contributed by atoms with van der Waals surface area (Å²) in [6.45, 7) is 6.64. The van der Waals surface area contributed by atoms with E-state index in [1.165, 1.54) is 180 Å². The van der Waals surface area contributed by atoms with E-state index in [0.29, 0.717) is 19.3 Å². The van der Waals surface area contributed by atoms with Crippen molar-refractivity contribution in [3.8, 4) is 0 Å². The van der Waals surface area contributed by atoms with Crippen LogP contribution in [0.15, 0.2) is 12.2 Å². The molecule has 6 heteroatoms. The lowest BCUT2D eigenvalue weighted by molar-refractivity contribution is -0.167. The Labute approximate surface area is 354 Å². The van der Waals surface area contributed by atoms with Gasteiger partial charge in [0.05, 0.1) is 0 Å². The first kappa shape index (κ1) is 55.2. The number of rotatable bonds is 46. The van der Waals surface area contributed by atoms with Gasteiger partial charge in [0.1, 0.15) is 13.2 Å². The van der Waals surface area contributed by atoms with Gasteiger partial charge in [-0.2, -0.15) is 0 Å². The van der Waals surface area contributed by atoms with Gasteiger partial charge in [-0.05, 0) is 44.9 Å². The first-order chi connectivity index (χ1) is 28.0. The van der Waals surface area contributed by atoms with Crippen LogP contribution in [-0.4, -0.2) is 37.2 Å². The molecule has 0 spiro atoms. The number of carbonyl (C=O) groups is 3. The van der Waals surface area contributed by atoms with Crippen LogP contribution in [-0.2, 0) is 28.6 Å². The molecule has 336 valence electrons. The predicted octanol–water partition coefficient (Wildman–Crippen LogP) is 16.2. The minimum atomic E-state index is -0.763. The van der Waals surface area contributed by atoms with E-state index in [9.17, 15) is 14.4 Å². The second-order valence-corrected chi connectivity index (χ2v) is 17.1. The third-order valence-electron chi connectivity index (χ3n) is 11.3. The van der Waals surface area contributed by atoms with Crippen LogP contribution in [0, 0.1) is 0 Å². The van der Waals surface area contributed by atoms with E-state index in [1.807, 2.05) is 0 Å². The van der Waals surface area contributed by atoms with E-state index in [1.54, 1.807) is 0 Å². The zero-order valence-electron chi connectivity index (χ0n) is 38.4. The zero-order valence-corrected chi connectivity index (χ0v) is 38.4. The van der Waals surface area contributed by atoms with Crippen molar-refractivity contribution in [1.82, 2.24) is 0 Å². The first-order valence-corrected chi connectivity index (χ1v) is 25.2. The molecule has 0 saturated carbocycles. The highest BCUT2D eigenvalue weighted by Crippen LogP contribution is 2.16. The summed E-state index contributed by atoms with van der Waals surface area (Å²) in [6.07, 6.45) is 50.5. The van der Waals surface area contributed by atoms with E-state index in [2.05, 4.69) is 32.9 Å². The number of esters is 3. The Bertz CT molecular complexity index is 885. The Morgan fingerprint density at radius 1 is 0.333 bits per heavy atom. The molecule has 0 heterocycles. The molecule has 0 aromatic heterocycles. The van der Waals surface area contributed by atoms with E-state index in [-0.39, 0.29) is 31.1 Å². The van der Waals surface area contributed by atoms with Gasteiger partial charge in [0.25, 0.3) is 0 Å². The van der Waals surface area contributed by atoms with Gasteiger partial charge in [-0.3, -0.25) is 14.4 Å². The molecule has 0 aliphatic carbocycles. The highest BCUT2D eigenvalue weighted by atomic mass is 16.6. The molecule has 57 heavy (non-hydrogen) atoms. The fraction of sp³-hybridized carbons (Fsp3) is 0.902. The van der Waals surface area contributed by atoms with Crippen molar-refractivity contribution in [2.24, 2.45) is 0 Å². The molecule has 0 aliphatic heterocycles. The van der Waals surface area contributed by atoms with Crippen LogP contribution < -0.4 is 0 Å². The molecule has 1 atom stereocenters. The molecular weight excluding hydrogens is 709 g/mol. The molecule has 0 radical (unpaired) electrons. The summed E-state index contributed by atoms with van der Waals surface area (Å²) in [5.74, 6) is -0.859. The maximum atomic E-state index is 12.7. The number of hydrogen-bond acceptors (Lipinski definition) is 6. The third kappa shape index (κ3) is 45.1. The Kier molecular flexibility index (Phi) is 45.3. The first-order valence-electron chi connectivity index (χ1n) is 25.2. The largest absolute Gasteiger partial charge is 0.462 e. The molecule has 0 rings (SSSR count). The maximum Gasteiger partial charge on any atom is 0.306 e. The molecule has 0 N–H and O–H groups in total. The molecular formula is C51H96O6. The minimum Gasteiger partial charge on any atom is -0.462 e. The maximum absolute atomic E-state index is 12.7. The van der Waals surface area contributed by atoms with Gasteiger partial charge < -0.3 is 14.2 Å². The summed E-state index contributed by atoms with van der Waals surface area (Å²) in [4.78, 5) is 37.8. The smallest absolute Gasteiger partial charge is 0.306 e. The number of carbonyl (C=O) groups excluding carboxylic acids is 3. The molecule has 0 fully saturated rings. The molecule has 0 aromatic carbocycles. The third-order valence-corrected chi connectivity index (χ3v) is 11.3. The molecule has 0 unspecified atom stereocenters. The van der Waals surface area contributed by atoms with E-state index in [0.717, 1.165) is 57.8 Å². The van der Waals surface area contributed by atoms with Gasteiger partial charge >= 0.3 is 17.9 Å². The van der Waals surface area contributed by atoms with Gasteiger partial charge in [-0.25, -0.2) is 0 Å². The van der Waals surface area contributed by atoms with Gasteiger partial charge in [-0.1, -0.05) is 226 Å².